The summed E-state index contributed by atoms with van der Waals surface area (Å²) in [5.74, 6) is 1.25. The van der Waals surface area contributed by atoms with Crippen molar-refractivity contribution >= 4 is 11.6 Å². The summed E-state index contributed by atoms with van der Waals surface area (Å²) >= 11 is 0. The first-order valence-electron chi connectivity index (χ1n) is 9.41. The first-order valence-corrected chi connectivity index (χ1v) is 9.41. The highest BCUT2D eigenvalue weighted by Crippen LogP contribution is 2.60. The average molecular weight is 342 g/mol. The largest absolute Gasteiger partial charge is 0.493 e. The van der Waals surface area contributed by atoms with Crippen LogP contribution in [0.4, 0.5) is 0 Å². The maximum absolute atomic E-state index is 12.6. The van der Waals surface area contributed by atoms with Crippen LogP contribution >= 0.6 is 0 Å². The van der Waals surface area contributed by atoms with Gasteiger partial charge in [-0.15, -0.1) is 0 Å². The summed E-state index contributed by atoms with van der Waals surface area (Å²) in [6, 6.07) is 0. The van der Waals surface area contributed by atoms with Gasteiger partial charge in [0.1, 0.15) is 0 Å². The van der Waals surface area contributed by atoms with E-state index in [1.807, 2.05) is 0 Å². The Balaban J connectivity index is 1.88. The van der Waals surface area contributed by atoms with Gasteiger partial charge in [0.05, 0.1) is 7.11 Å². The lowest BCUT2D eigenvalue weighted by molar-refractivity contribution is -0.118. The highest BCUT2D eigenvalue weighted by molar-refractivity contribution is 6.19. The minimum Gasteiger partial charge on any atom is -0.493 e. The smallest absolute Gasteiger partial charge is 0.223 e. The predicted molar refractivity (Wildman–Crippen MR) is 98.9 cm³/mol. The van der Waals surface area contributed by atoms with Crippen molar-refractivity contribution in [1.82, 2.24) is 0 Å². The van der Waals surface area contributed by atoms with Crippen LogP contribution in [0.1, 0.15) is 59.8 Å². The number of fused-ring (bicyclic) bond motifs is 1. The summed E-state index contributed by atoms with van der Waals surface area (Å²) < 4.78 is 5.11. The number of carbonyl (C=O) groups is 2. The van der Waals surface area contributed by atoms with E-state index in [4.69, 9.17) is 4.74 Å². The van der Waals surface area contributed by atoms with Crippen molar-refractivity contribution < 1.29 is 14.3 Å². The maximum atomic E-state index is 12.6. The molecule has 0 aromatic carbocycles. The lowest BCUT2D eigenvalue weighted by Gasteiger charge is -2.55. The summed E-state index contributed by atoms with van der Waals surface area (Å²) in [4.78, 5) is 24.5. The summed E-state index contributed by atoms with van der Waals surface area (Å²) in [6.07, 6.45) is 10.5. The zero-order valence-electron chi connectivity index (χ0n) is 16.1. The second-order valence-corrected chi connectivity index (χ2v) is 8.95. The third-order valence-electron chi connectivity index (χ3n) is 6.89. The number of ketones is 2. The second kappa shape index (κ2) is 6.26. The number of Topliss-reactive ketones (excluding diaryl/α,β-unsaturated/α-hetero) is 1. The molecule has 0 spiro atoms. The monoisotopic (exact) mass is 342 g/mol. The summed E-state index contributed by atoms with van der Waals surface area (Å²) in [5.41, 5.74) is 2.33. The van der Waals surface area contributed by atoms with Gasteiger partial charge in [0.15, 0.2) is 11.5 Å². The van der Waals surface area contributed by atoms with Crippen molar-refractivity contribution in [3.63, 3.8) is 0 Å². The van der Waals surface area contributed by atoms with Gasteiger partial charge >= 0.3 is 0 Å². The zero-order chi connectivity index (χ0) is 18.4. The van der Waals surface area contributed by atoms with Crippen LogP contribution in [-0.2, 0) is 14.3 Å². The Morgan fingerprint density at radius 2 is 1.96 bits per heavy atom. The first kappa shape index (κ1) is 18.2. The Morgan fingerprint density at radius 3 is 2.64 bits per heavy atom. The molecule has 0 aliphatic heterocycles. The molecule has 3 rings (SSSR count). The van der Waals surface area contributed by atoms with Gasteiger partial charge in [-0.25, -0.2) is 0 Å². The summed E-state index contributed by atoms with van der Waals surface area (Å²) in [6.45, 7) is 9.32. The molecular weight excluding hydrogens is 312 g/mol. The van der Waals surface area contributed by atoms with E-state index in [2.05, 4.69) is 33.8 Å². The van der Waals surface area contributed by atoms with Crippen molar-refractivity contribution in [3.8, 4) is 0 Å². The van der Waals surface area contributed by atoms with E-state index < -0.39 is 0 Å². The Labute approximate surface area is 151 Å². The Kier molecular flexibility index (Phi) is 4.55. The molecule has 3 aliphatic rings. The van der Waals surface area contributed by atoms with Gasteiger partial charge in [-0.05, 0) is 67.8 Å². The molecule has 136 valence electrons. The van der Waals surface area contributed by atoms with Crippen LogP contribution in [0.3, 0.4) is 0 Å². The molecule has 4 atom stereocenters. The van der Waals surface area contributed by atoms with Crippen molar-refractivity contribution in [2.75, 3.05) is 7.11 Å². The van der Waals surface area contributed by atoms with Crippen LogP contribution in [-0.4, -0.2) is 18.7 Å². The van der Waals surface area contributed by atoms with Crippen LogP contribution in [0.25, 0.3) is 0 Å². The van der Waals surface area contributed by atoms with E-state index in [0.29, 0.717) is 17.9 Å². The SMILES string of the molecule is COC1=CC(=O)C=C(C[C@]2(C)C[C@H](C)[C@@H]3CCC=C(C)[C@@]3(C)C2)C1=O. The number of carbonyl (C=O) groups excluding carboxylic acids is 2. The molecule has 0 radical (unpaired) electrons. The summed E-state index contributed by atoms with van der Waals surface area (Å²) in [5, 5.41) is 0. The van der Waals surface area contributed by atoms with Gasteiger partial charge < -0.3 is 4.74 Å². The molecule has 0 heterocycles. The van der Waals surface area contributed by atoms with Crippen molar-refractivity contribution in [2.24, 2.45) is 22.7 Å². The fourth-order valence-corrected chi connectivity index (χ4v) is 5.89. The van der Waals surface area contributed by atoms with Crippen LogP contribution in [0.2, 0.25) is 0 Å². The standard InChI is InChI=1S/C22H30O3/c1-14-11-21(3,13-22(4)15(2)7-6-8-18(14)22)12-16-9-17(23)10-19(25-5)20(16)24/h7,9-10,14,18H,6,8,11-13H2,1-5H3/t14-,18-,21-,22+/m0/s1. The van der Waals surface area contributed by atoms with Crippen LogP contribution < -0.4 is 0 Å². The molecule has 1 saturated carbocycles. The molecule has 3 nitrogen and oxygen atoms in total. The first-order chi connectivity index (χ1) is 11.7. The number of hydrogen-bond acceptors (Lipinski definition) is 3. The number of hydrogen-bond donors (Lipinski definition) is 0. The molecule has 0 N–H and O–H groups in total. The predicted octanol–water partition coefficient (Wildman–Crippen LogP) is 4.78. The minimum absolute atomic E-state index is 0.0229. The van der Waals surface area contributed by atoms with Gasteiger partial charge in [-0.2, -0.15) is 0 Å². The number of ether oxygens (including phenoxy) is 1. The molecular formula is C22H30O3. The molecule has 3 aliphatic carbocycles. The molecule has 0 aromatic heterocycles. The van der Waals surface area contributed by atoms with Crippen LogP contribution in [0.15, 0.2) is 35.1 Å². The van der Waals surface area contributed by atoms with Crippen LogP contribution in [0.5, 0.6) is 0 Å². The topological polar surface area (TPSA) is 43.4 Å². The molecule has 1 fully saturated rings. The van der Waals surface area contributed by atoms with Gasteiger partial charge in [-0.3, -0.25) is 9.59 Å². The molecule has 0 aromatic rings. The van der Waals surface area contributed by atoms with Crippen molar-refractivity contribution in [1.29, 1.82) is 0 Å². The van der Waals surface area contributed by atoms with E-state index in [-0.39, 0.29) is 28.2 Å². The number of methoxy groups -OCH3 is 1. The van der Waals surface area contributed by atoms with Gasteiger partial charge in [0, 0.05) is 11.6 Å². The Hall–Kier alpha value is -1.64. The number of rotatable bonds is 3. The fourth-order valence-electron chi connectivity index (χ4n) is 5.89. The molecule has 25 heavy (non-hydrogen) atoms. The third kappa shape index (κ3) is 3.14. The Bertz CT molecular complexity index is 696. The van der Waals surface area contributed by atoms with E-state index in [0.717, 1.165) is 18.8 Å². The molecule has 3 heteroatoms. The molecule has 0 bridgehead atoms. The van der Waals surface area contributed by atoms with Crippen LogP contribution in [0, 0.1) is 22.7 Å². The summed E-state index contributed by atoms with van der Waals surface area (Å²) in [7, 11) is 1.45. The van der Waals surface area contributed by atoms with Gasteiger partial charge in [0.25, 0.3) is 0 Å². The number of allylic oxidation sites excluding steroid dienone is 5. The average Bonchev–Trinajstić information content (AvgIpc) is 2.51. The Morgan fingerprint density at radius 1 is 1.24 bits per heavy atom. The molecule has 0 saturated heterocycles. The second-order valence-electron chi connectivity index (χ2n) is 8.95. The van der Waals surface area contributed by atoms with E-state index in [1.54, 1.807) is 0 Å². The van der Waals surface area contributed by atoms with Gasteiger partial charge in [-0.1, -0.05) is 32.4 Å². The highest BCUT2D eigenvalue weighted by atomic mass is 16.5. The zero-order valence-corrected chi connectivity index (χ0v) is 16.1. The fraction of sp³-hybridized carbons (Fsp3) is 0.636. The normalized spacial score (nSPS) is 38.5. The van der Waals surface area contributed by atoms with E-state index in [1.165, 1.54) is 37.7 Å². The lowest BCUT2D eigenvalue weighted by Crippen LogP contribution is -2.46. The quantitative estimate of drug-likeness (QED) is 0.547. The highest BCUT2D eigenvalue weighted by Gasteiger charge is 2.50. The van der Waals surface area contributed by atoms with Crippen molar-refractivity contribution in [3.05, 3.63) is 35.1 Å². The molecule has 0 unspecified atom stereocenters. The lowest BCUT2D eigenvalue weighted by atomic mass is 9.49. The third-order valence-corrected chi connectivity index (χ3v) is 6.89. The van der Waals surface area contributed by atoms with Gasteiger partial charge in [0.2, 0.25) is 5.78 Å². The minimum atomic E-state index is -0.142. The molecule has 0 amide bonds. The van der Waals surface area contributed by atoms with E-state index >= 15 is 0 Å². The maximum Gasteiger partial charge on any atom is 0.223 e. The van der Waals surface area contributed by atoms with Crippen molar-refractivity contribution in [2.45, 2.75) is 59.8 Å². The van der Waals surface area contributed by atoms with E-state index in [9.17, 15) is 9.59 Å².